The number of rotatable bonds is 6. The molecule has 1 amide bonds. The van der Waals surface area contributed by atoms with Crippen LogP contribution in [0.4, 0.5) is 17.2 Å². The summed E-state index contributed by atoms with van der Waals surface area (Å²) in [5, 5.41) is 3.00. The van der Waals surface area contributed by atoms with Crippen LogP contribution in [-0.4, -0.2) is 47.0 Å². The number of nitrogens with one attached hydrogen (secondary N) is 1. The Morgan fingerprint density at radius 3 is 2.23 bits per heavy atom. The summed E-state index contributed by atoms with van der Waals surface area (Å²) in [5.74, 6) is 0.877. The zero-order valence-corrected chi connectivity index (χ0v) is 21.9. The van der Waals surface area contributed by atoms with E-state index < -0.39 is 0 Å². The van der Waals surface area contributed by atoms with Crippen LogP contribution in [0.25, 0.3) is 22.2 Å². The van der Waals surface area contributed by atoms with Crippen molar-refractivity contribution in [2.75, 3.05) is 41.3 Å². The Balaban J connectivity index is 1.12. The monoisotopic (exact) mass is 514 g/mol. The number of benzene rings is 3. The number of hydrogen-bond donors (Lipinski definition) is 1. The van der Waals surface area contributed by atoms with Gasteiger partial charge >= 0.3 is 0 Å². The van der Waals surface area contributed by atoms with Crippen molar-refractivity contribution < 1.29 is 4.79 Å². The molecule has 1 aliphatic rings. The predicted octanol–water partition coefficient (Wildman–Crippen LogP) is 5.51. The molecule has 6 rings (SSSR count). The lowest BCUT2D eigenvalue weighted by atomic mass is 10.0. The SMILES string of the molecule is Cc1ccc(CC(=O)Nc2ccc(-c3ccc4ncc(N5CCN(c6ccncc6)CC5)nc4c3)cc2)cc1. The minimum Gasteiger partial charge on any atom is -0.368 e. The maximum absolute atomic E-state index is 12.5. The third-order valence-electron chi connectivity index (χ3n) is 7.15. The largest absolute Gasteiger partial charge is 0.368 e. The summed E-state index contributed by atoms with van der Waals surface area (Å²) in [6.07, 6.45) is 5.90. The molecule has 0 saturated carbocycles. The summed E-state index contributed by atoms with van der Waals surface area (Å²) in [5.41, 5.74) is 8.04. The Hall–Kier alpha value is -4.78. The number of pyridine rings is 1. The van der Waals surface area contributed by atoms with Gasteiger partial charge in [-0.1, -0.05) is 48.0 Å². The van der Waals surface area contributed by atoms with Crippen molar-refractivity contribution in [3.8, 4) is 11.1 Å². The smallest absolute Gasteiger partial charge is 0.228 e. The van der Waals surface area contributed by atoms with Gasteiger partial charge in [-0.25, -0.2) is 4.98 Å². The molecule has 1 aliphatic heterocycles. The highest BCUT2D eigenvalue weighted by molar-refractivity contribution is 5.92. The lowest BCUT2D eigenvalue weighted by molar-refractivity contribution is -0.115. The molecule has 7 heteroatoms. The first kappa shape index (κ1) is 24.6. The van der Waals surface area contributed by atoms with Crippen LogP contribution < -0.4 is 15.1 Å². The Kier molecular flexibility index (Phi) is 6.87. The van der Waals surface area contributed by atoms with Crippen LogP contribution in [0.2, 0.25) is 0 Å². The predicted molar refractivity (Wildman–Crippen MR) is 157 cm³/mol. The number of piperazine rings is 1. The van der Waals surface area contributed by atoms with Crippen LogP contribution in [-0.2, 0) is 11.2 Å². The molecule has 3 aromatic carbocycles. The highest BCUT2D eigenvalue weighted by Crippen LogP contribution is 2.26. The number of carbonyl (C=O) groups is 1. The van der Waals surface area contributed by atoms with Crippen molar-refractivity contribution in [3.05, 3.63) is 109 Å². The molecule has 0 unspecified atom stereocenters. The van der Waals surface area contributed by atoms with Gasteiger partial charge in [0.25, 0.3) is 0 Å². The molecule has 1 saturated heterocycles. The minimum atomic E-state index is -0.0262. The van der Waals surface area contributed by atoms with Crippen LogP contribution in [0, 0.1) is 6.92 Å². The Morgan fingerprint density at radius 1 is 0.795 bits per heavy atom. The third-order valence-corrected chi connectivity index (χ3v) is 7.15. The fourth-order valence-corrected chi connectivity index (χ4v) is 4.92. The fourth-order valence-electron chi connectivity index (χ4n) is 4.92. The molecule has 1 fully saturated rings. The van der Waals surface area contributed by atoms with Crippen LogP contribution in [0.15, 0.2) is 97.5 Å². The van der Waals surface area contributed by atoms with Gasteiger partial charge in [-0.2, -0.15) is 0 Å². The van der Waals surface area contributed by atoms with E-state index in [0.717, 1.165) is 65.4 Å². The van der Waals surface area contributed by atoms with E-state index in [9.17, 15) is 4.79 Å². The van der Waals surface area contributed by atoms with Crippen LogP contribution in [0.1, 0.15) is 11.1 Å². The molecule has 0 aliphatic carbocycles. The van der Waals surface area contributed by atoms with E-state index in [1.807, 2.05) is 80.1 Å². The maximum atomic E-state index is 12.5. The number of aromatic nitrogens is 3. The van der Waals surface area contributed by atoms with Crippen molar-refractivity contribution in [1.82, 2.24) is 15.0 Å². The average Bonchev–Trinajstić information content (AvgIpc) is 2.99. The number of amides is 1. The highest BCUT2D eigenvalue weighted by Gasteiger charge is 2.19. The van der Waals surface area contributed by atoms with Crippen molar-refractivity contribution in [2.24, 2.45) is 0 Å². The second kappa shape index (κ2) is 10.9. The summed E-state index contributed by atoms with van der Waals surface area (Å²) in [6, 6.07) is 26.3. The van der Waals surface area contributed by atoms with Gasteiger partial charge in [-0.3, -0.25) is 14.8 Å². The maximum Gasteiger partial charge on any atom is 0.228 e. The van der Waals surface area contributed by atoms with Crippen molar-refractivity contribution in [2.45, 2.75) is 13.3 Å². The van der Waals surface area contributed by atoms with Gasteiger partial charge in [-0.15, -0.1) is 0 Å². The van der Waals surface area contributed by atoms with Gasteiger partial charge in [0.15, 0.2) is 0 Å². The van der Waals surface area contributed by atoms with E-state index in [4.69, 9.17) is 4.98 Å². The molecular weight excluding hydrogens is 484 g/mol. The van der Waals surface area contributed by atoms with E-state index in [1.54, 1.807) is 0 Å². The fraction of sp³-hybridized carbons (Fsp3) is 0.188. The molecule has 0 atom stereocenters. The normalized spacial score (nSPS) is 13.5. The van der Waals surface area contributed by atoms with Crippen molar-refractivity contribution >= 4 is 34.1 Å². The molecule has 0 spiro atoms. The van der Waals surface area contributed by atoms with Gasteiger partial charge in [0.05, 0.1) is 23.7 Å². The van der Waals surface area contributed by atoms with E-state index >= 15 is 0 Å². The molecule has 0 bridgehead atoms. The standard InChI is InChI=1S/C32H30N6O/c1-23-2-4-24(5-3-23)20-32(39)35-27-9-6-25(7-10-27)26-8-11-29-30(21-26)36-31(22-34-29)38-18-16-37(17-19-38)28-12-14-33-15-13-28/h2-15,21-22H,16-20H2,1H3,(H,35,39). The summed E-state index contributed by atoms with van der Waals surface area (Å²) < 4.78 is 0. The summed E-state index contributed by atoms with van der Waals surface area (Å²) in [4.78, 5) is 30.9. The van der Waals surface area contributed by atoms with E-state index in [0.29, 0.717) is 6.42 Å². The molecule has 5 aromatic rings. The Morgan fingerprint density at radius 2 is 1.49 bits per heavy atom. The number of carbonyl (C=O) groups excluding carboxylic acids is 1. The highest BCUT2D eigenvalue weighted by atomic mass is 16.1. The van der Waals surface area contributed by atoms with Gasteiger partial charge in [-0.05, 0) is 60.0 Å². The van der Waals surface area contributed by atoms with Crippen LogP contribution >= 0.6 is 0 Å². The second-order valence-electron chi connectivity index (χ2n) is 9.90. The summed E-state index contributed by atoms with van der Waals surface area (Å²) in [6.45, 7) is 5.67. The van der Waals surface area contributed by atoms with Gasteiger partial charge in [0.2, 0.25) is 5.91 Å². The number of hydrogen-bond acceptors (Lipinski definition) is 6. The number of fused-ring (bicyclic) bond motifs is 1. The average molecular weight is 515 g/mol. The zero-order valence-electron chi connectivity index (χ0n) is 21.9. The summed E-state index contributed by atoms with van der Waals surface area (Å²) >= 11 is 0. The molecule has 2 aromatic heterocycles. The van der Waals surface area contributed by atoms with Crippen LogP contribution in [0.5, 0.6) is 0 Å². The lowest BCUT2D eigenvalue weighted by Crippen LogP contribution is -2.46. The van der Waals surface area contributed by atoms with Crippen LogP contribution in [0.3, 0.4) is 0 Å². The number of aryl methyl sites for hydroxylation is 1. The number of anilines is 3. The van der Waals surface area contributed by atoms with Crippen molar-refractivity contribution in [3.63, 3.8) is 0 Å². The molecule has 7 nitrogen and oxygen atoms in total. The molecule has 39 heavy (non-hydrogen) atoms. The lowest BCUT2D eigenvalue weighted by Gasteiger charge is -2.36. The van der Waals surface area contributed by atoms with Gasteiger partial charge < -0.3 is 15.1 Å². The van der Waals surface area contributed by atoms with Gasteiger partial charge in [0.1, 0.15) is 5.82 Å². The molecule has 194 valence electrons. The van der Waals surface area contributed by atoms with E-state index in [2.05, 4.69) is 49.4 Å². The molecule has 1 N–H and O–H groups in total. The first-order valence-electron chi connectivity index (χ1n) is 13.2. The topological polar surface area (TPSA) is 74.2 Å². The molecular formula is C32H30N6O. The Bertz CT molecular complexity index is 1580. The number of nitrogens with zero attached hydrogens (tertiary/aromatic N) is 5. The van der Waals surface area contributed by atoms with E-state index in [-0.39, 0.29) is 5.91 Å². The first-order valence-corrected chi connectivity index (χ1v) is 13.2. The third kappa shape index (κ3) is 5.72. The Labute approximate surface area is 228 Å². The van der Waals surface area contributed by atoms with Gasteiger partial charge in [0, 0.05) is 49.9 Å². The zero-order chi connectivity index (χ0) is 26.6. The quantitative estimate of drug-likeness (QED) is 0.322. The minimum absolute atomic E-state index is 0.0262. The summed E-state index contributed by atoms with van der Waals surface area (Å²) in [7, 11) is 0. The second-order valence-corrected chi connectivity index (χ2v) is 9.90. The molecule has 3 heterocycles. The molecule has 0 radical (unpaired) electrons. The van der Waals surface area contributed by atoms with Crippen molar-refractivity contribution in [1.29, 1.82) is 0 Å². The van der Waals surface area contributed by atoms with E-state index in [1.165, 1.54) is 11.3 Å². The first-order chi connectivity index (χ1) is 19.1.